The molecule has 0 fully saturated rings. The molecule has 1 atom stereocenters. The van der Waals surface area contributed by atoms with Crippen molar-refractivity contribution in [2.24, 2.45) is 11.7 Å². The number of hydrogen-bond acceptors (Lipinski definition) is 2. The van der Waals surface area contributed by atoms with Crippen LogP contribution in [-0.2, 0) is 4.79 Å². The lowest BCUT2D eigenvalue weighted by Crippen LogP contribution is -2.34. The zero-order chi connectivity index (χ0) is 13.5. The summed E-state index contributed by atoms with van der Waals surface area (Å²) < 4.78 is 0. The van der Waals surface area contributed by atoms with Crippen molar-refractivity contribution in [3.8, 4) is 0 Å². The van der Waals surface area contributed by atoms with Crippen molar-refractivity contribution >= 4 is 5.91 Å². The maximum absolute atomic E-state index is 12.0. The van der Waals surface area contributed by atoms with E-state index in [2.05, 4.69) is 19.9 Å². The van der Waals surface area contributed by atoms with Gasteiger partial charge in [-0.25, -0.2) is 0 Å². The maximum atomic E-state index is 12.0. The molecular formula is C15H28N2O. The number of nitrogens with zero attached hydrogens (tertiary/aromatic N) is 1. The molecule has 2 N–H and O–H groups in total. The molecule has 3 nitrogen and oxygen atoms in total. The van der Waals surface area contributed by atoms with Gasteiger partial charge >= 0.3 is 0 Å². The van der Waals surface area contributed by atoms with E-state index >= 15 is 0 Å². The molecular weight excluding hydrogens is 224 g/mol. The second kappa shape index (κ2) is 7.57. The van der Waals surface area contributed by atoms with Crippen molar-refractivity contribution < 1.29 is 4.79 Å². The summed E-state index contributed by atoms with van der Waals surface area (Å²) in [7, 11) is 1.89. The molecule has 1 unspecified atom stereocenters. The van der Waals surface area contributed by atoms with Gasteiger partial charge in [0.1, 0.15) is 0 Å². The Kier molecular flexibility index (Phi) is 6.41. The third-order valence-corrected chi connectivity index (χ3v) is 3.84. The van der Waals surface area contributed by atoms with Crippen molar-refractivity contribution in [1.29, 1.82) is 0 Å². The molecule has 0 aromatic heterocycles. The molecule has 0 saturated carbocycles. The summed E-state index contributed by atoms with van der Waals surface area (Å²) in [6, 6.07) is 0.189. The van der Waals surface area contributed by atoms with Crippen LogP contribution in [0.25, 0.3) is 0 Å². The summed E-state index contributed by atoms with van der Waals surface area (Å²) in [6.45, 7) is 5.02. The fraction of sp³-hybridized carbons (Fsp3) is 0.800. The first-order valence-electron chi connectivity index (χ1n) is 7.18. The second-order valence-electron chi connectivity index (χ2n) is 5.80. The van der Waals surface area contributed by atoms with Gasteiger partial charge in [-0.05, 0) is 38.0 Å². The molecule has 18 heavy (non-hydrogen) atoms. The number of hydrogen-bond donors (Lipinski definition) is 1. The number of nitrogens with two attached hydrogens (primary N) is 1. The van der Waals surface area contributed by atoms with Gasteiger partial charge in [-0.1, -0.05) is 25.5 Å². The van der Waals surface area contributed by atoms with Crippen molar-refractivity contribution in [2.45, 2.75) is 58.4 Å². The Morgan fingerprint density at radius 1 is 1.44 bits per heavy atom. The lowest BCUT2D eigenvalue weighted by molar-refractivity contribution is -0.129. The third kappa shape index (κ3) is 5.21. The summed E-state index contributed by atoms with van der Waals surface area (Å²) in [5.41, 5.74) is 7.33. The van der Waals surface area contributed by atoms with E-state index in [0.29, 0.717) is 12.3 Å². The van der Waals surface area contributed by atoms with Gasteiger partial charge in [0, 0.05) is 26.1 Å². The van der Waals surface area contributed by atoms with Gasteiger partial charge in [0.25, 0.3) is 0 Å². The van der Waals surface area contributed by atoms with Gasteiger partial charge in [0.2, 0.25) is 5.91 Å². The summed E-state index contributed by atoms with van der Waals surface area (Å²) >= 11 is 0. The highest BCUT2D eigenvalue weighted by Gasteiger charge is 2.15. The molecule has 104 valence electrons. The quantitative estimate of drug-likeness (QED) is 0.739. The van der Waals surface area contributed by atoms with Gasteiger partial charge in [-0.3, -0.25) is 4.79 Å². The average molecular weight is 252 g/mol. The number of allylic oxidation sites excluding steroid dienone is 1. The zero-order valence-corrected chi connectivity index (χ0v) is 12.1. The van der Waals surface area contributed by atoms with Crippen molar-refractivity contribution in [1.82, 2.24) is 4.90 Å². The molecule has 1 amide bonds. The highest BCUT2D eigenvalue weighted by molar-refractivity contribution is 5.78. The Morgan fingerprint density at radius 2 is 2.17 bits per heavy atom. The van der Waals surface area contributed by atoms with Crippen LogP contribution in [0, 0.1) is 5.92 Å². The number of carbonyl (C=O) groups is 1. The fourth-order valence-electron chi connectivity index (χ4n) is 2.20. The van der Waals surface area contributed by atoms with E-state index in [1.165, 1.54) is 18.4 Å². The fourth-order valence-corrected chi connectivity index (χ4v) is 2.20. The van der Waals surface area contributed by atoms with E-state index in [1.54, 1.807) is 0 Å². The molecule has 0 saturated heterocycles. The highest BCUT2D eigenvalue weighted by Crippen LogP contribution is 2.20. The van der Waals surface area contributed by atoms with Gasteiger partial charge in [0.15, 0.2) is 0 Å². The van der Waals surface area contributed by atoms with Crippen molar-refractivity contribution in [3.63, 3.8) is 0 Å². The van der Waals surface area contributed by atoms with Crippen LogP contribution in [0.5, 0.6) is 0 Å². The highest BCUT2D eigenvalue weighted by atomic mass is 16.2. The predicted molar refractivity (Wildman–Crippen MR) is 76.2 cm³/mol. The van der Waals surface area contributed by atoms with Crippen LogP contribution < -0.4 is 5.73 Å². The molecule has 0 bridgehead atoms. The van der Waals surface area contributed by atoms with Crippen molar-refractivity contribution in [3.05, 3.63) is 11.6 Å². The Hall–Kier alpha value is -0.830. The second-order valence-corrected chi connectivity index (χ2v) is 5.80. The zero-order valence-electron chi connectivity index (χ0n) is 12.1. The Morgan fingerprint density at radius 3 is 2.72 bits per heavy atom. The Bertz CT molecular complexity index is 297. The van der Waals surface area contributed by atoms with Gasteiger partial charge < -0.3 is 10.6 Å². The lowest BCUT2D eigenvalue weighted by atomic mass is 9.96. The van der Waals surface area contributed by atoms with E-state index in [9.17, 15) is 4.79 Å². The van der Waals surface area contributed by atoms with E-state index in [-0.39, 0.29) is 11.9 Å². The summed E-state index contributed by atoms with van der Waals surface area (Å²) in [5, 5.41) is 0. The van der Waals surface area contributed by atoms with Gasteiger partial charge in [0.05, 0.1) is 0 Å². The SMILES string of the molecule is CC(C)C(N)CCN(C)C(=O)CC1=CCCCC1. The smallest absolute Gasteiger partial charge is 0.226 e. The Labute approximate surface area is 111 Å². The van der Waals surface area contributed by atoms with Crippen molar-refractivity contribution in [2.75, 3.05) is 13.6 Å². The minimum absolute atomic E-state index is 0.189. The molecule has 0 radical (unpaired) electrons. The van der Waals surface area contributed by atoms with Crippen LogP contribution in [0.1, 0.15) is 52.4 Å². The number of rotatable bonds is 6. The van der Waals surface area contributed by atoms with Crippen LogP contribution in [0.15, 0.2) is 11.6 Å². The van der Waals surface area contributed by atoms with Gasteiger partial charge in [-0.15, -0.1) is 0 Å². The molecule has 0 aromatic carbocycles. The summed E-state index contributed by atoms with van der Waals surface area (Å²) in [6.07, 6.45) is 8.49. The van der Waals surface area contributed by atoms with Crippen LogP contribution >= 0.6 is 0 Å². The molecule has 1 aliphatic rings. The predicted octanol–water partition coefficient (Wildman–Crippen LogP) is 2.71. The normalized spacial score (nSPS) is 17.5. The number of carbonyl (C=O) groups excluding carboxylic acids is 1. The molecule has 0 aliphatic heterocycles. The average Bonchev–Trinajstić information content (AvgIpc) is 2.36. The topological polar surface area (TPSA) is 46.3 Å². The third-order valence-electron chi connectivity index (χ3n) is 3.84. The molecule has 0 aromatic rings. The standard InChI is InChI=1S/C15H28N2O/c1-12(2)14(16)9-10-17(3)15(18)11-13-7-5-4-6-8-13/h7,12,14H,4-6,8-11,16H2,1-3H3. The molecule has 1 rings (SSSR count). The number of amides is 1. The minimum atomic E-state index is 0.189. The van der Waals surface area contributed by atoms with Crippen LogP contribution in [0.2, 0.25) is 0 Å². The molecule has 3 heteroatoms. The van der Waals surface area contributed by atoms with E-state index in [1.807, 2.05) is 11.9 Å². The van der Waals surface area contributed by atoms with E-state index in [4.69, 9.17) is 5.73 Å². The van der Waals surface area contributed by atoms with Crippen LogP contribution in [0.3, 0.4) is 0 Å². The monoisotopic (exact) mass is 252 g/mol. The minimum Gasteiger partial charge on any atom is -0.345 e. The van der Waals surface area contributed by atoms with Crippen LogP contribution in [-0.4, -0.2) is 30.4 Å². The molecule has 1 aliphatic carbocycles. The first kappa shape index (κ1) is 15.2. The largest absolute Gasteiger partial charge is 0.345 e. The first-order valence-corrected chi connectivity index (χ1v) is 7.18. The lowest BCUT2D eigenvalue weighted by Gasteiger charge is -2.22. The Balaban J connectivity index is 2.30. The van der Waals surface area contributed by atoms with E-state index in [0.717, 1.165) is 25.8 Å². The summed E-state index contributed by atoms with van der Waals surface area (Å²) in [5.74, 6) is 0.716. The van der Waals surface area contributed by atoms with Gasteiger partial charge in [-0.2, -0.15) is 0 Å². The van der Waals surface area contributed by atoms with Crippen LogP contribution in [0.4, 0.5) is 0 Å². The summed E-state index contributed by atoms with van der Waals surface area (Å²) in [4.78, 5) is 13.9. The van der Waals surface area contributed by atoms with E-state index < -0.39 is 0 Å². The first-order chi connectivity index (χ1) is 8.50. The maximum Gasteiger partial charge on any atom is 0.226 e. The molecule has 0 spiro atoms. The molecule has 0 heterocycles.